The highest BCUT2D eigenvalue weighted by Gasteiger charge is 2.65. The number of carbonyl (C=O) groups is 1. The molecule has 0 bridgehead atoms. The van der Waals surface area contributed by atoms with Crippen LogP contribution >= 0.6 is 0 Å². The fraction of sp³-hybridized carbons (Fsp3) is 0.704. The summed E-state index contributed by atoms with van der Waals surface area (Å²) in [6, 6.07) is 7.92. The Hall–Kier alpha value is -2.04. The van der Waals surface area contributed by atoms with E-state index in [0.717, 1.165) is 62.6 Å². The number of rotatable bonds is 4. The number of carbonyl (C=O) groups excluding carboxylic acids is 1. The molecular formula is C27H37N3O6. The van der Waals surface area contributed by atoms with Gasteiger partial charge in [-0.1, -0.05) is 25.0 Å². The van der Waals surface area contributed by atoms with Crippen LogP contribution in [0.25, 0.3) is 0 Å². The van der Waals surface area contributed by atoms with Crippen molar-refractivity contribution in [2.45, 2.75) is 106 Å². The first-order valence-corrected chi connectivity index (χ1v) is 13.4. The van der Waals surface area contributed by atoms with Gasteiger partial charge in [0.05, 0.1) is 6.21 Å². The minimum absolute atomic E-state index is 0.366. The van der Waals surface area contributed by atoms with E-state index in [9.17, 15) is 4.79 Å². The number of nitrogens with one attached hydrogen (secondary N) is 1. The van der Waals surface area contributed by atoms with Gasteiger partial charge in [-0.25, -0.2) is 5.43 Å². The second kappa shape index (κ2) is 9.68. The normalized spacial score (nSPS) is 34.6. The molecule has 6 rings (SSSR count). The molecule has 2 spiro atoms. The number of benzene rings is 1. The van der Waals surface area contributed by atoms with E-state index < -0.39 is 42.3 Å². The van der Waals surface area contributed by atoms with Crippen LogP contribution in [0, 0.1) is 0 Å². The third kappa shape index (κ3) is 4.56. The number of anilines is 1. The molecule has 9 nitrogen and oxygen atoms in total. The number of fused-ring (bicyclic) bond motifs is 3. The van der Waals surface area contributed by atoms with E-state index in [2.05, 4.69) is 10.5 Å². The van der Waals surface area contributed by atoms with Crippen molar-refractivity contribution in [3.05, 3.63) is 29.8 Å². The van der Waals surface area contributed by atoms with Crippen molar-refractivity contribution in [3.8, 4) is 0 Å². The first-order chi connectivity index (χ1) is 17.5. The minimum atomic E-state index is -0.895. The molecule has 0 radical (unpaired) electrons. The van der Waals surface area contributed by atoms with Gasteiger partial charge in [-0.15, -0.1) is 0 Å². The number of hydrogen-bond acceptors (Lipinski definition) is 8. The summed E-state index contributed by atoms with van der Waals surface area (Å²) in [5.74, 6) is -1.69. The van der Waals surface area contributed by atoms with Crippen LogP contribution in [0.15, 0.2) is 29.4 Å². The molecule has 1 N–H and O–H groups in total. The minimum Gasteiger partial charge on any atom is -0.378 e. The monoisotopic (exact) mass is 499 g/mol. The van der Waals surface area contributed by atoms with E-state index in [1.807, 2.05) is 43.3 Å². The molecule has 0 aromatic heterocycles. The van der Waals surface area contributed by atoms with Crippen LogP contribution in [0.5, 0.6) is 0 Å². The molecule has 36 heavy (non-hydrogen) atoms. The van der Waals surface area contributed by atoms with E-state index in [4.69, 9.17) is 23.7 Å². The zero-order chi connectivity index (χ0) is 24.8. The van der Waals surface area contributed by atoms with Gasteiger partial charge in [-0.05, 0) is 43.4 Å². The van der Waals surface area contributed by atoms with Gasteiger partial charge in [0.2, 0.25) is 0 Å². The molecule has 196 valence electrons. The number of amides is 1. The standard InChI is InChI=1S/C27H37N3O6/c1-30(2)19-11-9-18(10-12-19)17-28-29-24(31)22-20-21(34-26(33-20)13-5-3-6-14-26)23-25(32-22)36-27(35-23)15-7-4-8-16-27/h9-12,17,20-23,25H,3-8,13-16H2,1-2H3,(H,29,31)/b28-17+/t20-,21+,22-,23-,25-/m1/s1. The topological polar surface area (TPSA) is 90.9 Å². The van der Waals surface area contributed by atoms with Gasteiger partial charge in [0.15, 0.2) is 24.0 Å². The molecule has 5 atom stereocenters. The van der Waals surface area contributed by atoms with Gasteiger partial charge in [0.1, 0.15) is 18.3 Å². The smallest absolute Gasteiger partial charge is 0.272 e. The molecule has 1 aromatic rings. The third-order valence-electron chi connectivity index (χ3n) is 8.17. The Bertz CT molecular complexity index is 970. The highest BCUT2D eigenvalue weighted by Crippen LogP contribution is 2.50. The van der Waals surface area contributed by atoms with Crippen LogP contribution in [0.1, 0.15) is 69.8 Å². The summed E-state index contributed by atoms with van der Waals surface area (Å²) >= 11 is 0. The molecule has 0 unspecified atom stereocenters. The highest BCUT2D eigenvalue weighted by molar-refractivity contribution is 5.85. The quantitative estimate of drug-likeness (QED) is 0.501. The number of nitrogens with zero attached hydrogens (tertiary/aromatic N) is 2. The van der Waals surface area contributed by atoms with Crippen molar-refractivity contribution in [1.29, 1.82) is 0 Å². The summed E-state index contributed by atoms with van der Waals surface area (Å²) in [7, 11) is 3.99. The second-order valence-electron chi connectivity index (χ2n) is 11.0. The predicted octanol–water partition coefficient (Wildman–Crippen LogP) is 3.45. The second-order valence-corrected chi connectivity index (χ2v) is 11.0. The fourth-order valence-corrected chi connectivity index (χ4v) is 6.26. The summed E-state index contributed by atoms with van der Waals surface area (Å²) in [6.45, 7) is 0. The Labute approximate surface area is 212 Å². The van der Waals surface area contributed by atoms with Crippen molar-refractivity contribution in [3.63, 3.8) is 0 Å². The Kier molecular flexibility index (Phi) is 6.54. The van der Waals surface area contributed by atoms with E-state index in [1.54, 1.807) is 6.21 Å². The van der Waals surface area contributed by atoms with Crippen LogP contribution < -0.4 is 10.3 Å². The lowest BCUT2D eigenvalue weighted by molar-refractivity contribution is -0.247. The van der Waals surface area contributed by atoms with Crippen molar-refractivity contribution in [2.24, 2.45) is 5.10 Å². The Balaban J connectivity index is 1.19. The van der Waals surface area contributed by atoms with Gasteiger partial charge in [-0.3, -0.25) is 4.79 Å². The lowest BCUT2D eigenvalue weighted by Crippen LogP contribution is -2.59. The lowest BCUT2D eigenvalue weighted by Gasteiger charge is -2.36. The summed E-state index contributed by atoms with van der Waals surface area (Å²) < 4.78 is 32.2. The van der Waals surface area contributed by atoms with Crippen LogP contribution in [-0.4, -0.2) is 68.5 Å². The van der Waals surface area contributed by atoms with Gasteiger partial charge >= 0.3 is 0 Å². The van der Waals surface area contributed by atoms with Crippen molar-refractivity contribution in [1.82, 2.24) is 5.43 Å². The number of ether oxygens (including phenoxy) is 5. The molecule has 3 saturated heterocycles. The highest BCUT2D eigenvalue weighted by atomic mass is 16.9. The average molecular weight is 500 g/mol. The van der Waals surface area contributed by atoms with Crippen LogP contribution in [-0.2, 0) is 28.5 Å². The molecule has 2 aliphatic carbocycles. The summed E-state index contributed by atoms with van der Waals surface area (Å²) in [6.07, 6.45) is 8.54. The molecule has 9 heteroatoms. The van der Waals surface area contributed by atoms with Gasteiger partial charge in [0, 0.05) is 45.5 Å². The Morgan fingerprint density at radius 3 is 2.08 bits per heavy atom. The van der Waals surface area contributed by atoms with Gasteiger partial charge in [-0.2, -0.15) is 5.10 Å². The molecule has 5 fully saturated rings. The maximum Gasteiger partial charge on any atom is 0.272 e. The van der Waals surface area contributed by atoms with Crippen LogP contribution in [0.3, 0.4) is 0 Å². The Morgan fingerprint density at radius 2 is 1.44 bits per heavy atom. The third-order valence-corrected chi connectivity index (χ3v) is 8.17. The van der Waals surface area contributed by atoms with Crippen molar-refractivity contribution >= 4 is 17.8 Å². The van der Waals surface area contributed by atoms with Crippen molar-refractivity contribution < 1.29 is 28.5 Å². The first kappa shape index (κ1) is 24.3. The van der Waals surface area contributed by atoms with Crippen LogP contribution in [0.4, 0.5) is 5.69 Å². The number of hydrogen-bond donors (Lipinski definition) is 1. The summed E-state index contributed by atoms with van der Waals surface area (Å²) in [5, 5.41) is 4.19. The molecule has 3 aliphatic heterocycles. The molecule has 3 heterocycles. The summed E-state index contributed by atoms with van der Waals surface area (Å²) in [5.41, 5.74) is 4.64. The van der Waals surface area contributed by atoms with E-state index >= 15 is 0 Å². The molecule has 1 amide bonds. The number of hydrazone groups is 1. The predicted molar refractivity (Wildman–Crippen MR) is 133 cm³/mol. The zero-order valence-electron chi connectivity index (χ0n) is 21.2. The Morgan fingerprint density at radius 1 is 0.861 bits per heavy atom. The lowest BCUT2D eigenvalue weighted by atomic mass is 9.94. The largest absolute Gasteiger partial charge is 0.378 e. The first-order valence-electron chi connectivity index (χ1n) is 13.4. The summed E-state index contributed by atoms with van der Waals surface area (Å²) in [4.78, 5) is 15.3. The average Bonchev–Trinajstić information content (AvgIpc) is 3.42. The molecule has 2 saturated carbocycles. The van der Waals surface area contributed by atoms with E-state index in [-0.39, 0.29) is 5.91 Å². The van der Waals surface area contributed by atoms with Gasteiger partial charge < -0.3 is 28.6 Å². The SMILES string of the molecule is CN(C)c1ccc(/C=N/NC(=O)[C@@H]2O[C@@H]3OC4(CCCCC4)O[C@@H]3[C@H]3OC4(CCCCC4)O[C@H]32)cc1. The van der Waals surface area contributed by atoms with Crippen LogP contribution in [0.2, 0.25) is 0 Å². The maximum atomic E-state index is 13.3. The van der Waals surface area contributed by atoms with Crippen molar-refractivity contribution in [2.75, 3.05) is 19.0 Å². The van der Waals surface area contributed by atoms with Gasteiger partial charge in [0.25, 0.3) is 5.91 Å². The maximum absolute atomic E-state index is 13.3. The molecule has 1 aromatic carbocycles. The fourth-order valence-electron chi connectivity index (χ4n) is 6.26. The molecular weight excluding hydrogens is 462 g/mol. The molecule has 5 aliphatic rings. The van der Waals surface area contributed by atoms with E-state index in [0.29, 0.717) is 0 Å². The van der Waals surface area contributed by atoms with E-state index in [1.165, 1.54) is 12.8 Å². The zero-order valence-corrected chi connectivity index (χ0v) is 21.2.